The van der Waals surface area contributed by atoms with Crippen LogP contribution >= 0.6 is 0 Å². The first-order valence-electron chi connectivity index (χ1n) is 12.5. The van der Waals surface area contributed by atoms with Crippen molar-refractivity contribution in [2.45, 2.75) is 110 Å². The van der Waals surface area contributed by atoms with Crippen LogP contribution in [0.4, 0.5) is 0 Å². The van der Waals surface area contributed by atoms with E-state index in [4.69, 9.17) is 17.5 Å². The standard InChI is InChI=1S/C23H50NO3.H2O4S/c1-3-4-5-6-7-8-9-10-11-12-13-14-15-16-17-24(18-20-25,19-21-26)22-23(2)27;1-5(2,3)4/h23,25-27H,3-22H2,1-2H3;(H2,1,2,3,4)/q+1;/p-1. The van der Waals surface area contributed by atoms with Crippen LogP contribution in [-0.2, 0) is 10.4 Å². The van der Waals surface area contributed by atoms with Crippen molar-refractivity contribution in [3.8, 4) is 0 Å². The zero-order valence-corrected chi connectivity index (χ0v) is 21.4. The van der Waals surface area contributed by atoms with Gasteiger partial charge in [-0.05, 0) is 19.8 Å². The molecule has 32 heavy (non-hydrogen) atoms. The number of hydrogen-bond acceptors (Lipinski definition) is 6. The van der Waals surface area contributed by atoms with Gasteiger partial charge in [0.25, 0.3) is 0 Å². The predicted molar refractivity (Wildman–Crippen MR) is 128 cm³/mol. The van der Waals surface area contributed by atoms with E-state index in [2.05, 4.69) is 6.92 Å². The summed E-state index contributed by atoms with van der Waals surface area (Å²) < 4.78 is 33.5. The van der Waals surface area contributed by atoms with Crippen LogP contribution in [0.5, 0.6) is 0 Å². The molecular formula is C23H51NO7S. The molecule has 1 atom stereocenters. The highest BCUT2D eigenvalue weighted by molar-refractivity contribution is 7.79. The second kappa shape index (κ2) is 22.5. The molecule has 0 rings (SSSR count). The van der Waals surface area contributed by atoms with Crippen molar-refractivity contribution in [1.29, 1.82) is 0 Å². The van der Waals surface area contributed by atoms with Gasteiger partial charge < -0.3 is 24.4 Å². The minimum Gasteiger partial charge on any atom is -0.726 e. The summed E-state index contributed by atoms with van der Waals surface area (Å²) in [5.41, 5.74) is 0. The van der Waals surface area contributed by atoms with Crippen LogP contribution in [0.25, 0.3) is 0 Å². The van der Waals surface area contributed by atoms with E-state index in [0.29, 0.717) is 24.1 Å². The zero-order valence-electron chi connectivity index (χ0n) is 20.6. The first kappa shape index (κ1) is 33.9. The summed E-state index contributed by atoms with van der Waals surface area (Å²) in [5, 5.41) is 28.5. The molecule has 0 aliphatic rings. The van der Waals surface area contributed by atoms with Crippen LogP contribution < -0.4 is 0 Å². The fourth-order valence-electron chi connectivity index (χ4n) is 4.24. The minimum atomic E-state index is -4.92. The Hall–Kier alpha value is -0.290. The Balaban J connectivity index is 0. The second-order valence-electron chi connectivity index (χ2n) is 9.02. The Morgan fingerprint density at radius 2 is 1.03 bits per heavy atom. The van der Waals surface area contributed by atoms with Gasteiger partial charge in [-0.25, -0.2) is 8.42 Å². The summed E-state index contributed by atoms with van der Waals surface area (Å²) in [4.78, 5) is 0. The van der Waals surface area contributed by atoms with Gasteiger partial charge >= 0.3 is 0 Å². The number of aliphatic hydroxyl groups is 3. The molecule has 0 heterocycles. The zero-order chi connectivity index (χ0) is 24.7. The van der Waals surface area contributed by atoms with Crippen molar-refractivity contribution >= 4 is 10.4 Å². The molecule has 9 heteroatoms. The quantitative estimate of drug-likeness (QED) is 0.0842. The van der Waals surface area contributed by atoms with Gasteiger partial charge in [0.15, 0.2) is 0 Å². The molecule has 0 aromatic rings. The predicted octanol–water partition coefficient (Wildman–Crippen LogP) is 3.65. The van der Waals surface area contributed by atoms with Crippen molar-refractivity contribution < 1.29 is 37.3 Å². The van der Waals surface area contributed by atoms with Gasteiger partial charge in [0.05, 0.1) is 19.8 Å². The molecule has 0 radical (unpaired) electrons. The molecule has 0 aromatic heterocycles. The third-order valence-corrected chi connectivity index (χ3v) is 5.79. The lowest BCUT2D eigenvalue weighted by atomic mass is 10.0. The van der Waals surface area contributed by atoms with E-state index >= 15 is 0 Å². The molecule has 1 unspecified atom stereocenters. The van der Waals surface area contributed by atoms with Gasteiger partial charge in [-0.3, -0.25) is 4.55 Å². The molecule has 0 amide bonds. The highest BCUT2D eigenvalue weighted by Crippen LogP contribution is 2.15. The number of aliphatic hydroxyl groups excluding tert-OH is 3. The molecular weight excluding hydrogens is 434 g/mol. The molecule has 4 N–H and O–H groups in total. The van der Waals surface area contributed by atoms with Gasteiger partial charge in [0.2, 0.25) is 10.4 Å². The van der Waals surface area contributed by atoms with Crippen molar-refractivity contribution in [2.24, 2.45) is 0 Å². The third-order valence-electron chi connectivity index (χ3n) is 5.79. The lowest BCUT2D eigenvalue weighted by Gasteiger charge is -2.39. The van der Waals surface area contributed by atoms with Gasteiger partial charge in [-0.1, -0.05) is 84.0 Å². The van der Waals surface area contributed by atoms with E-state index in [1.807, 2.05) is 0 Å². The van der Waals surface area contributed by atoms with Gasteiger partial charge in [-0.15, -0.1) is 0 Å². The van der Waals surface area contributed by atoms with Crippen LogP contribution in [0.15, 0.2) is 0 Å². The topological polar surface area (TPSA) is 138 Å². The lowest BCUT2D eigenvalue weighted by Crippen LogP contribution is -2.55. The van der Waals surface area contributed by atoms with Crippen molar-refractivity contribution in [1.82, 2.24) is 0 Å². The first-order chi connectivity index (χ1) is 15.1. The fraction of sp³-hybridized carbons (Fsp3) is 1.00. The maximum Gasteiger partial charge on any atom is 0.215 e. The monoisotopic (exact) mass is 485 g/mol. The lowest BCUT2D eigenvalue weighted by molar-refractivity contribution is -0.931. The molecule has 0 bridgehead atoms. The summed E-state index contributed by atoms with van der Waals surface area (Å²) >= 11 is 0. The van der Waals surface area contributed by atoms with Crippen molar-refractivity contribution in [2.75, 3.05) is 39.4 Å². The SMILES string of the molecule is CCCCCCCCCCCCCCCC[N+](CCO)(CCO)CC(C)O.O=S(=O)([O-])O. The Morgan fingerprint density at radius 3 is 1.31 bits per heavy atom. The van der Waals surface area contributed by atoms with E-state index in [-0.39, 0.29) is 13.2 Å². The minimum absolute atomic E-state index is 0.116. The van der Waals surface area contributed by atoms with Gasteiger partial charge in [0.1, 0.15) is 25.7 Å². The molecule has 0 fully saturated rings. The number of unbranched alkanes of at least 4 members (excludes halogenated alkanes) is 13. The maximum absolute atomic E-state index is 9.78. The fourth-order valence-corrected chi connectivity index (χ4v) is 4.24. The summed E-state index contributed by atoms with van der Waals surface area (Å²) in [5.74, 6) is 0. The highest BCUT2D eigenvalue weighted by atomic mass is 32.3. The molecule has 0 saturated carbocycles. The smallest absolute Gasteiger partial charge is 0.215 e. The molecule has 0 aliphatic heterocycles. The summed E-state index contributed by atoms with van der Waals surface area (Å²) in [6.07, 6.45) is 18.5. The molecule has 8 nitrogen and oxygen atoms in total. The number of rotatable bonds is 21. The number of quaternary nitrogens is 1. The van der Waals surface area contributed by atoms with Crippen LogP contribution in [0.3, 0.4) is 0 Å². The number of hydrogen-bond donors (Lipinski definition) is 4. The van der Waals surface area contributed by atoms with Gasteiger partial charge in [0, 0.05) is 0 Å². The first-order valence-corrected chi connectivity index (χ1v) is 13.9. The molecule has 0 spiro atoms. The van der Waals surface area contributed by atoms with Crippen LogP contribution in [0, 0.1) is 0 Å². The Kier molecular flexibility index (Phi) is 23.8. The average molecular weight is 486 g/mol. The second-order valence-corrected chi connectivity index (χ2v) is 9.87. The van der Waals surface area contributed by atoms with Crippen LogP contribution in [-0.4, -0.2) is 82.8 Å². The molecule has 0 saturated heterocycles. The Labute approximate surface area is 197 Å². The Morgan fingerprint density at radius 1 is 0.719 bits per heavy atom. The highest BCUT2D eigenvalue weighted by Gasteiger charge is 2.27. The normalized spacial score (nSPS) is 13.0. The van der Waals surface area contributed by atoms with Crippen LogP contribution in [0.1, 0.15) is 104 Å². The molecule has 0 aromatic carbocycles. The summed E-state index contributed by atoms with van der Waals surface area (Å²) in [6.45, 7) is 7.14. The average Bonchev–Trinajstić information content (AvgIpc) is 2.67. The summed E-state index contributed by atoms with van der Waals surface area (Å²) in [7, 11) is -4.92. The summed E-state index contributed by atoms with van der Waals surface area (Å²) in [6, 6.07) is 0. The Bertz CT molecular complexity index is 473. The maximum atomic E-state index is 9.78. The van der Waals surface area contributed by atoms with E-state index < -0.39 is 16.5 Å². The van der Waals surface area contributed by atoms with E-state index in [9.17, 15) is 15.3 Å². The van der Waals surface area contributed by atoms with Crippen LogP contribution in [0.2, 0.25) is 0 Å². The molecule has 0 aliphatic carbocycles. The van der Waals surface area contributed by atoms with Crippen molar-refractivity contribution in [3.63, 3.8) is 0 Å². The van der Waals surface area contributed by atoms with E-state index in [0.717, 1.165) is 13.0 Å². The third kappa shape index (κ3) is 27.7. The number of nitrogens with zero attached hydrogens (tertiary/aromatic N) is 1. The molecule has 196 valence electrons. The van der Waals surface area contributed by atoms with Crippen molar-refractivity contribution in [3.05, 3.63) is 0 Å². The largest absolute Gasteiger partial charge is 0.726 e. The van der Waals surface area contributed by atoms with E-state index in [1.165, 1.54) is 83.5 Å². The van der Waals surface area contributed by atoms with E-state index in [1.54, 1.807) is 6.92 Å². The van der Waals surface area contributed by atoms with Gasteiger partial charge in [-0.2, -0.15) is 0 Å².